The second kappa shape index (κ2) is 9.56. The number of carbonyl (C=O) groups excluding carboxylic acids is 5. The zero-order valence-corrected chi connectivity index (χ0v) is 20.2. The van der Waals surface area contributed by atoms with Crippen molar-refractivity contribution in [1.29, 1.82) is 0 Å². The summed E-state index contributed by atoms with van der Waals surface area (Å²) in [6.45, 7) is 9.41. The highest BCUT2D eigenvalue weighted by atomic mass is 16.6. The van der Waals surface area contributed by atoms with E-state index in [0.29, 0.717) is 31.5 Å². The number of benzene rings is 1. The lowest BCUT2D eigenvalue weighted by molar-refractivity contribution is -0.176. The number of Topliss-reactive ketones (excluding diaryl/α,β-unsaturated/α-hetero) is 2. The van der Waals surface area contributed by atoms with Crippen molar-refractivity contribution in [2.45, 2.75) is 59.2 Å². The van der Waals surface area contributed by atoms with E-state index in [2.05, 4.69) is 0 Å². The van der Waals surface area contributed by atoms with Crippen LogP contribution < -0.4 is 0 Å². The maximum Gasteiger partial charge on any atom is 0.410 e. The average molecular weight is 474 g/mol. The van der Waals surface area contributed by atoms with Crippen LogP contribution in [0.15, 0.2) is 24.3 Å². The Morgan fingerprint density at radius 3 is 2.09 bits per heavy atom. The molecule has 1 atom stereocenters. The Balaban J connectivity index is 1.59. The summed E-state index contributed by atoms with van der Waals surface area (Å²) in [5.74, 6) is -2.92. The standard InChI is InChI=1S/C25H31NO8/c1-6-32-22(30)20(19(28)17-9-7-16(8-10-17)15(2)27)33-21(29)18-11-25(12-18)13-26(14-25)23(31)34-24(3,4)5/h7-10,18,20H,6,11-14H2,1-5H3. The summed E-state index contributed by atoms with van der Waals surface area (Å²) >= 11 is 0. The van der Waals surface area contributed by atoms with Gasteiger partial charge in [0.25, 0.3) is 6.10 Å². The van der Waals surface area contributed by atoms with Crippen molar-refractivity contribution in [3.63, 3.8) is 0 Å². The molecule has 0 radical (unpaired) electrons. The first kappa shape index (κ1) is 25.4. The molecule has 1 aromatic rings. The molecule has 0 aromatic heterocycles. The fourth-order valence-corrected chi connectivity index (χ4v) is 4.29. The molecule has 0 N–H and O–H groups in total. The molecule has 184 valence electrons. The Kier molecular flexibility index (Phi) is 7.14. The maximum absolute atomic E-state index is 12.9. The Morgan fingerprint density at radius 1 is 1.03 bits per heavy atom. The number of likely N-dealkylation sites (tertiary alicyclic amines) is 1. The summed E-state index contributed by atoms with van der Waals surface area (Å²) in [5, 5.41) is 0. The molecule has 0 bridgehead atoms. The minimum Gasteiger partial charge on any atom is -0.463 e. The van der Waals surface area contributed by atoms with Gasteiger partial charge in [-0.1, -0.05) is 24.3 Å². The molecule has 3 rings (SSSR count). The number of rotatable bonds is 7. The normalized spacial score (nSPS) is 17.7. The number of nitrogens with zero attached hydrogens (tertiary/aromatic N) is 1. The molecule has 2 aliphatic rings. The Bertz CT molecular complexity index is 977. The molecule has 2 fully saturated rings. The summed E-state index contributed by atoms with van der Waals surface area (Å²) in [6.07, 6.45) is -1.09. The predicted molar refractivity (Wildman–Crippen MR) is 120 cm³/mol. The van der Waals surface area contributed by atoms with Gasteiger partial charge in [-0.3, -0.25) is 14.4 Å². The van der Waals surface area contributed by atoms with Crippen molar-refractivity contribution < 1.29 is 38.2 Å². The molecule has 1 amide bonds. The molecule has 1 saturated heterocycles. The molecule has 1 heterocycles. The van der Waals surface area contributed by atoms with Gasteiger partial charge in [0.1, 0.15) is 5.60 Å². The van der Waals surface area contributed by atoms with Crippen LogP contribution in [0.3, 0.4) is 0 Å². The molecular formula is C25H31NO8. The Hall–Kier alpha value is -3.23. The zero-order chi connectivity index (χ0) is 25.3. The minimum absolute atomic E-state index is 0.0243. The van der Waals surface area contributed by atoms with Crippen LogP contribution in [0.2, 0.25) is 0 Å². The predicted octanol–water partition coefficient (Wildman–Crippen LogP) is 3.19. The van der Waals surface area contributed by atoms with E-state index in [0.717, 1.165) is 0 Å². The highest BCUT2D eigenvalue weighted by Gasteiger charge is 2.57. The molecule has 1 saturated carbocycles. The number of ketones is 2. The van der Waals surface area contributed by atoms with Gasteiger partial charge in [0, 0.05) is 29.6 Å². The first-order chi connectivity index (χ1) is 15.8. The average Bonchev–Trinajstić information content (AvgIpc) is 2.68. The van der Waals surface area contributed by atoms with Gasteiger partial charge in [0.2, 0.25) is 5.78 Å². The molecule has 34 heavy (non-hydrogen) atoms. The van der Waals surface area contributed by atoms with Crippen LogP contribution in [0, 0.1) is 11.3 Å². The number of hydrogen-bond donors (Lipinski definition) is 0. The van der Waals surface area contributed by atoms with Gasteiger partial charge in [0.05, 0.1) is 12.5 Å². The molecule has 1 aliphatic carbocycles. The monoisotopic (exact) mass is 473 g/mol. The fourth-order valence-electron chi connectivity index (χ4n) is 4.29. The molecule has 9 nitrogen and oxygen atoms in total. The van der Waals surface area contributed by atoms with E-state index < -0.39 is 35.3 Å². The lowest BCUT2D eigenvalue weighted by Crippen LogP contribution is -2.65. The molecule has 1 spiro atoms. The van der Waals surface area contributed by atoms with Gasteiger partial charge in [-0.05, 0) is 47.5 Å². The number of hydrogen-bond acceptors (Lipinski definition) is 8. The zero-order valence-electron chi connectivity index (χ0n) is 20.2. The van der Waals surface area contributed by atoms with Crippen molar-refractivity contribution in [2.24, 2.45) is 11.3 Å². The summed E-state index contributed by atoms with van der Waals surface area (Å²) in [5.41, 5.74) is -0.186. The first-order valence-electron chi connectivity index (χ1n) is 11.3. The summed E-state index contributed by atoms with van der Waals surface area (Å²) in [6, 6.07) is 5.78. The Morgan fingerprint density at radius 2 is 1.59 bits per heavy atom. The molecule has 1 unspecified atom stereocenters. The van der Waals surface area contributed by atoms with Crippen LogP contribution in [0.25, 0.3) is 0 Å². The quantitative estimate of drug-likeness (QED) is 0.257. The van der Waals surface area contributed by atoms with Crippen molar-refractivity contribution in [2.75, 3.05) is 19.7 Å². The lowest BCUT2D eigenvalue weighted by Gasteiger charge is -2.57. The molecule has 9 heteroatoms. The van der Waals surface area contributed by atoms with Crippen LogP contribution >= 0.6 is 0 Å². The van der Waals surface area contributed by atoms with Gasteiger partial charge in [-0.2, -0.15) is 0 Å². The fraction of sp³-hybridized carbons (Fsp3) is 0.560. The third-order valence-electron chi connectivity index (χ3n) is 5.95. The van der Waals surface area contributed by atoms with E-state index in [-0.39, 0.29) is 29.5 Å². The second-order valence-corrected chi connectivity index (χ2v) is 10.0. The van der Waals surface area contributed by atoms with Crippen LogP contribution in [0.1, 0.15) is 68.2 Å². The largest absolute Gasteiger partial charge is 0.463 e. The summed E-state index contributed by atoms with van der Waals surface area (Å²) in [7, 11) is 0. The van der Waals surface area contributed by atoms with Crippen LogP contribution in [0.4, 0.5) is 4.79 Å². The SMILES string of the molecule is CCOC(=O)C(OC(=O)C1CC2(C1)CN(C(=O)OC(C)(C)C)C2)C(=O)c1ccc(C(C)=O)cc1. The van der Waals surface area contributed by atoms with Gasteiger partial charge in [-0.25, -0.2) is 9.59 Å². The van der Waals surface area contributed by atoms with Gasteiger partial charge >= 0.3 is 18.0 Å². The van der Waals surface area contributed by atoms with Crippen LogP contribution in [-0.4, -0.2) is 65.9 Å². The second-order valence-electron chi connectivity index (χ2n) is 10.0. The number of esters is 2. The smallest absolute Gasteiger partial charge is 0.410 e. The van der Waals surface area contributed by atoms with E-state index in [1.165, 1.54) is 31.2 Å². The van der Waals surface area contributed by atoms with E-state index in [1.807, 2.05) is 0 Å². The van der Waals surface area contributed by atoms with Crippen molar-refractivity contribution in [1.82, 2.24) is 4.90 Å². The number of ether oxygens (including phenoxy) is 3. The number of amides is 1. The van der Waals surface area contributed by atoms with E-state index >= 15 is 0 Å². The third-order valence-corrected chi connectivity index (χ3v) is 5.95. The van der Waals surface area contributed by atoms with Gasteiger partial charge < -0.3 is 19.1 Å². The molecular weight excluding hydrogens is 442 g/mol. The summed E-state index contributed by atoms with van der Waals surface area (Å²) in [4.78, 5) is 63.2. The topological polar surface area (TPSA) is 116 Å². The first-order valence-corrected chi connectivity index (χ1v) is 11.3. The van der Waals surface area contributed by atoms with E-state index in [9.17, 15) is 24.0 Å². The van der Waals surface area contributed by atoms with Crippen molar-refractivity contribution in [3.8, 4) is 0 Å². The molecule has 1 aromatic carbocycles. The summed E-state index contributed by atoms with van der Waals surface area (Å²) < 4.78 is 15.6. The van der Waals surface area contributed by atoms with Crippen molar-refractivity contribution in [3.05, 3.63) is 35.4 Å². The molecule has 1 aliphatic heterocycles. The maximum atomic E-state index is 12.9. The minimum atomic E-state index is -1.72. The van der Waals surface area contributed by atoms with Crippen LogP contribution in [0.5, 0.6) is 0 Å². The van der Waals surface area contributed by atoms with Crippen molar-refractivity contribution >= 4 is 29.6 Å². The van der Waals surface area contributed by atoms with Crippen LogP contribution in [-0.2, 0) is 23.8 Å². The highest BCUT2D eigenvalue weighted by molar-refractivity contribution is 6.12. The van der Waals surface area contributed by atoms with E-state index in [1.54, 1.807) is 32.6 Å². The van der Waals surface area contributed by atoms with Gasteiger partial charge in [-0.15, -0.1) is 0 Å². The number of carbonyl (C=O) groups is 5. The van der Waals surface area contributed by atoms with Gasteiger partial charge in [0.15, 0.2) is 5.78 Å². The Labute approximate surface area is 198 Å². The third kappa shape index (κ3) is 5.63. The van der Waals surface area contributed by atoms with E-state index in [4.69, 9.17) is 14.2 Å². The lowest BCUT2D eigenvalue weighted by atomic mass is 9.58. The highest BCUT2D eigenvalue weighted by Crippen LogP contribution is 2.52.